The first kappa shape index (κ1) is 14.1. The van der Waals surface area contributed by atoms with Gasteiger partial charge < -0.3 is 15.3 Å². The first-order chi connectivity index (χ1) is 10.2. The summed E-state index contributed by atoms with van der Waals surface area (Å²) in [7, 11) is 0. The molecule has 112 valence electrons. The normalized spacial score (nSPS) is 24.7. The SMILES string of the molecule is O=C(O)C1c2ccccc2CCN1C(=O)CC1CCCN1. The first-order valence-electron chi connectivity index (χ1n) is 7.50. The molecule has 3 rings (SSSR count). The number of carbonyl (C=O) groups excluding carboxylic acids is 1. The van der Waals surface area contributed by atoms with Gasteiger partial charge in [-0.25, -0.2) is 4.79 Å². The van der Waals surface area contributed by atoms with Gasteiger partial charge in [-0.2, -0.15) is 0 Å². The van der Waals surface area contributed by atoms with Crippen molar-refractivity contribution in [2.75, 3.05) is 13.1 Å². The Kier molecular flexibility index (Phi) is 3.92. The fraction of sp³-hybridized carbons (Fsp3) is 0.500. The molecule has 0 aromatic heterocycles. The molecular formula is C16H20N2O3. The molecule has 0 bridgehead atoms. The molecule has 2 atom stereocenters. The monoisotopic (exact) mass is 288 g/mol. The number of aliphatic carboxylic acids is 1. The number of carboxylic acids is 1. The van der Waals surface area contributed by atoms with Gasteiger partial charge in [0.05, 0.1) is 0 Å². The second kappa shape index (κ2) is 5.85. The molecule has 1 aromatic carbocycles. The fourth-order valence-electron chi connectivity index (χ4n) is 3.36. The van der Waals surface area contributed by atoms with E-state index >= 15 is 0 Å². The maximum Gasteiger partial charge on any atom is 0.331 e. The second-order valence-electron chi connectivity index (χ2n) is 5.77. The molecule has 2 N–H and O–H groups in total. The van der Waals surface area contributed by atoms with Gasteiger partial charge in [0.1, 0.15) is 0 Å². The van der Waals surface area contributed by atoms with Crippen LogP contribution in [0.2, 0.25) is 0 Å². The summed E-state index contributed by atoms with van der Waals surface area (Å²) >= 11 is 0. The van der Waals surface area contributed by atoms with Gasteiger partial charge in [-0.15, -0.1) is 0 Å². The summed E-state index contributed by atoms with van der Waals surface area (Å²) in [6.45, 7) is 1.43. The van der Waals surface area contributed by atoms with Gasteiger partial charge in [-0.05, 0) is 36.9 Å². The molecule has 1 saturated heterocycles. The summed E-state index contributed by atoms with van der Waals surface area (Å²) in [5, 5.41) is 12.9. The fourth-order valence-corrected chi connectivity index (χ4v) is 3.36. The van der Waals surface area contributed by atoms with E-state index in [1.807, 2.05) is 24.3 Å². The van der Waals surface area contributed by atoms with Gasteiger partial charge in [0.2, 0.25) is 5.91 Å². The summed E-state index contributed by atoms with van der Waals surface area (Å²) in [5.41, 5.74) is 1.79. The minimum absolute atomic E-state index is 0.0590. The largest absolute Gasteiger partial charge is 0.479 e. The smallest absolute Gasteiger partial charge is 0.331 e. The highest BCUT2D eigenvalue weighted by atomic mass is 16.4. The Morgan fingerprint density at radius 1 is 1.33 bits per heavy atom. The van der Waals surface area contributed by atoms with Gasteiger partial charge in [-0.1, -0.05) is 24.3 Å². The number of hydrogen-bond acceptors (Lipinski definition) is 3. The van der Waals surface area contributed by atoms with Crippen LogP contribution in [0, 0.1) is 0 Å². The first-order valence-corrected chi connectivity index (χ1v) is 7.50. The number of nitrogens with one attached hydrogen (secondary N) is 1. The van der Waals surface area contributed by atoms with Crippen LogP contribution in [0.1, 0.15) is 36.4 Å². The van der Waals surface area contributed by atoms with Crippen LogP contribution in [0.15, 0.2) is 24.3 Å². The Morgan fingerprint density at radius 2 is 2.14 bits per heavy atom. The van der Waals surface area contributed by atoms with Crippen LogP contribution in [-0.2, 0) is 16.0 Å². The van der Waals surface area contributed by atoms with E-state index in [2.05, 4.69) is 5.32 Å². The molecule has 5 nitrogen and oxygen atoms in total. The van der Waals surface area contributed by atoms with E-state index in [1.54, 1.807) is 0 Å². The molecule has 0 aliphatic carbocycles. The van der Waals surface area contributed by atoms with Crippen molar-refractivity contribution < 1.29 is 14.7 Å². The van der Waals surface area contributed by atoms with Gasteiger partial charge in [-0.3, -0.25) is 4.79 Å². The Hall–Kier alpha value is -1.88. The predicted molar refractivity (Wildman–Crippen MR) is 77.9 cm³/mol. The molecule has 5 heteroatoms. The molecule has 2 unspecified atom stereocenters. The van der Waals surface area contributed by atoms with Gasteiger partial charge in [0.25, 0.3) is 0 Å². The molecule has 0 saturated carbocycles. The Bertz CT molecular complexity index is 552. The number of fused-ring (bicyclic) bond motifs is 1. The summed E-state index contributed by atoms with van der Waals surface area (Å²) < 4.78 is 0. The van der Waals surface area contributed by atoms with E-state index in [-0.39, 0.29) is 11.9 Å². The van der Waals surface area contributed by atoms with Crippen molar-refractivity contribution in [3.8, 4) is 0 Å². The molecule has 21 heavy (non-hydrogen) atoms. The van der Waals surface area contributed by atoms with Crippen LogP contribution in [-0.4, -0.2) is 41.0 Å². The standard InChI is InChI=1S/C16H20N2O3/c19-14(10-12-5-3-8-17-12)18-9-7-11-4-1-2-6-13(11)15(18)16(20)21/h1-2,4,6,12,15,17H,3,5,7-10H2,(H,20,21). The van der Waals surface area contributed by atoms with Crippen molar-refractivity contribution in [2.24, 2.45) is 0 Å². The molecule has 1 aromatic rings. The highest BCUT2D eigenvalue weighted by Crippen LogP contribution is 2.30. The van der Waals surface area contributed by atoms with Crippen LogP contribution >= 0.6 is 0 Å². The average Bonchev–Trinajstić information content (AvgIpc) is 2.98. The molecule has 1 amide bonds. The van der Waals surface area contributed by atoms with Crippen molar-refractivity contribution >= 4 is 11.9 Å². The zero-order valence-electron chi connectivity index (χ0n) is 11.9. The third kappa shape index (κ3) is 2.78. The minimum atomic E-state index is -0.949. The van der Waals surface area contributed by atoms with Crippen molar-refractivity contribution in [3.05, 3.63) is 35.4 Å². The van der Waals surface area contributed by atoms with Crippen molar-refractivity contribution in [3.63, 3.8) is 0 Å². The lowest BCUT2D eigenvalue weighted by molar-refractivity contribution is -0.151. The van der Waals surface area contributed by atoms with Gasteiger partial charge >= 0.3 is 5.97 Å². The van der Waals surface area contributed by atoms with Crippen LogP contribution in [0.4, 0.5) is 0 Å². The van der Waals surface area contributed by atoms with E-state index in [9.17, 15) is 14.7 Å². The third-order valence-corrected chi connectivity index (χ3v) is 4.42. The Morgan fingerprint density at radius 3 is 2.86 bits per heavy atom. The van der Waals surface area contributed by atoms with Crippen molar-refractivity contribution in [1.82, 2.24) is 10.2 Å². The number of benzene rings is 1. The average molecular weight is 288 g/mol. The number of nitrogens with zero attached hydrogens (tertiary/aromatic N) is 1. The van der Waals surface area contributed by atoms with E-state index in [0.717, 1.165) is 36.9 Å². The number of amides is 1. The maximum absolute atomic E-state index is 12.5. The highest BCUT2D eigenvalue weighted by molar-refractivity contribution is 5.86. The highest BCUT2D eigenvalue weighted by Gasteiger charge is 2.36. The number of rotatable bonds is 3. The van der Waals surface area contributed by atoms with Crippen LogP contribution in [0.25, 0.3) is 0 Å². The summed E-state index contributed by atoms with van der Waals surface area (Å²) in [5.74, 6) is -1.01. The second-order valence-corrected chi connectivity index (χ2v) is 5.77. The van der Waals surface area contributed by atoms with Crippen LogP contribution in [0.3, 0.4) is 0 Å². The lowest BCUT2D eigenvalue weighted by Gasteiger charge is -2.35. The van der Waals surface area contributed by atoms with E-state index in [0.29, 0.717) is 13.0 Å². The van der Waals surface area contributed by atoms with Crippen LogP contribution < -0.4 is 5.32 Å². The Labute approximate surface area is 123 Å². The minimum Gasteiger partial charge on any atom is -0.479 e. The number of hydrogen-bond donors (Lipinski definition) is 2. The number of carbonyl (C=O) groups is 2. The molecular weight excluding hydrogens is 268 g/mol. The van der Waals surface area contributed by atoms with E-state index < -0.39 is 12.0 Å². The zero-order chi connectivity index (χ0) is 14.8. The predicted octanol–water partition coefficient (Wildman–Crippen LogP) is 1.34. The van der Waals surface area contributed by atoms with E-state index in [4.69, 9.17) is 0 Å². The topological polar surface area (TPSA) is 69.6 Å². The quantitative estimate of drug-likeness (QED) is 0.880. The van der Waals surface area contributed by atoms with Gasteiger partial charge in [0, 0.05) is 19.0 Å². The van der Waals surface area contributed by atoms with E-state index in [1.165, 1.54) is 4.90 Å². The molecule has 2 aliphatic rings. The van der Waals surface area contributed by atoms with Crippen molar-refractivity contribution in [2.45, 2.75) is 37.8 Å². The summed E-state index contributed by atoms with van der Waals surface area (Å²) in [4.78, 5) is 25.7. The molecule has 2 heterocycles. The zero-order valence-corrected chi connectivity index (χ0v) is 11.9. The summed E-state index contributed by atoms with van der Waals surface area (Å²) in [6, 6.07) is 6.87. The Balaban J connectivity index is 1.81. The molecule has 1 fully saturated rings. The van der Waals surface area contributed by atoms with Gasteiger partial charge in [0.15, 0.2) is 6.04 Å². The lowest BCUT2D eigenvalue weighted by Crippen LogP contribution is -2.45. The summed E-state index contributed by atoms with van der Waals surface area (Å²) in [6.07, 6.45) is 3.20. The third-order valence-electron chi connectivity index (χ3n) is 4.42. The lowest BCUT2D eigenvalue weighted by atomic mass is 9.92. The number of carboxylic acid groups (broad SMARTS) is 1. The molecule has 0 spiro atoms. The van der Waals surface area contributed by atoms with Crippen molar-refractivity contribution in [1.29, 1.82) is 0 Å². The molecule has 2 aliphatic heterocycles. The molecule has 0 radical (unpaired) electrons. The maximum atomic E-state index is 12.5. The van der Waals surface area contributed by atoms with Crippen LogP contribution in [0.5, 0.6) is 0 Å².